The van der Waals surface area contributed by atoms with Gasteiger partial charge in [-0.2, -0.15) is 0 Å². The van der Waals surface area contributed by atoms with E-state index in [1.807, 2.05) is 13.8 Å². The van der Waals surface area contributed by atoms with E-state index in [-0.39, 0.29) is 0 Å². The summed E-state index contributed by atoms with van der Waals surface area (Å²) in [5.41, 5.74) is 15.8. The van der Waals surface area contributed by atoms with Gasteiger partial charge in [-0.05, 0) is 59.2 Å². The van der Waals surface area contributed by atoms with Gasteiger partial charge in [0.2, 0.25) is 0 Å². The largest absolute Gasteiger partial charge is 0.398 e. The predicted octanol–water partition coefficient (Wildman–Crippen LogP) is 1.95. The number of benzene rings is 1. The van der Waals surface area contributed by atoms with Crippen molar-refractivity contribution in [3.05, 3.63) is 26.3 Å². The molecule has 0 aromatic heterocycles. The van der Waals surface area contributed by atoms with Crippen LogP contribution in [0.2, 0.25) is 0 Å². The minimum absolute atomic E-state index is 0.562. The fourth-order valence-corrected chi connectivity index (χ4v) is 1.83. The van der Waals surface area contributed by atoms with Gasteiger partial charge in [0.1, 0.15) is 0 Å². The first-order valence-corrected chi connectivity index (χ1v) is 4.90. The zero-order valence-electron chi connectivity index (χ0n) is 7.32. The molecule has 1 rings (SSSR count). The summed E-state index contributed by atoms with van der Waals surface area (Å²) >= 11 is 2.28. The molecule has 0 atom stereocenters. The van der Waals surface area contributed by atoms with Gasteiger partial charge in [-0.15, -0.1) is 0 Å². The molecule has 0 saturated carbocycles. The van der Waals surface area contributed by atoms with E-state index < -0.39 is 0 Å². The number of rotatable bonds is 1. The second-order valence-corrected chi connectivity index (χ2v) is 4.05. The van der Waals surface area contributed by atoms with Gasteiger partial charge >= 0.3 is 0 Å². The van der Waals surface area contributed by atoms with Crippen LogP contribution < -0.4 is 11.5 Å². The number of nitrogens with two attached hydrogens (primary N) is 2. The highest BCUT2D eigenvalue weighted by Gasteiger charge is 2.06. The van der Waals surface area contributed by atoms with Crippen molar-refractivity contribution in [1.82, 2.24) is 0 Å². The van der Waals surface area contributed by atoms with E-state index in [2.05, 4.69) is 28.7 Å². The third-order valence-electron chi connectivity index (χ3n) is 2.17. The lowest BCUT2D eigenvalue weighted by Gasteiger charge is -2.11. The maximum atomic E-state index is 5.90. The van der Waals surface area contributed by atoms with E-state index in [0.29, 0.717) is 6.54 Å². The van der Waals surface area contributed by atoms with Crippen LogP contribution in [0.5, 0.6) is 0 Å². The predicted molar refractivity (Wildman–Crippen MR) is 60.9 cm³/mol. The molecule has 0 amide bonds. The highest BCUT2D eigenvalue weighted by Crippen LogP contribution is 2.25. The monoisotopic (exact) mass is 276 g/mol. The Morgan fingerprint density at radius 1 is 1.33 bits per heavy atom. The highest BCUT2D eigenvalue weighted by atomic mass is 127. The second-order valence-electron chi connectivity index (χ2n) is 2.89. The zero-order chi connectivity index (χ0) is 9.30. The topological polar surface area (TPSA) is 52.0 Å². The average molecular weight is 276 g/mol. The Morgan fingerprint density at radius 2 is 1.92 bits per heavy atom. The fourth-order valence-electron chi connectivity index (χ4n) is 1.16. The van der Waals surface area contributed by atoms with Crippen LogP contribution in [0.4, 0.5) is 5.69 Å². The first-order chi connectivity index (χ1) is 5.57. The van der Waals surface area contributed by atoms with Crippen molar-refractivity contribution < 1.29 is 0 Å². The van der Waals surface area contributed by atoms with Crippen molar-refractivity contribution >= 4 is 28.3 Å². The average Bonchev–Trinajstić information content (AvgIpc) is 2.08. The molecule has 0 aliphatic rings. The smallest absolute Gasteiger partial charge is 0.0387 e. The normalized spacial score (nSPS) is 10.3. The van der Waals surface area contributed by atoms with Crippen molar-refractivity contribution in [2.75, 3.05) is 5.73 Å². The standard InChI is InChI=1S/C9H13IN2/c1-5-7(4-11)3-8(10)6(2)9(5)12/h3H,4,11-12H2,1-2H3. The number of anilines is 1. The van der Waals surface area contributed by atoms with Crippen LogP contribution in [0.15, 0.2) is 6.07 Å². The van der Waals surface area contributed by atoms with Gasteiger partial charge < -0.3 is 11.5 Å². The van der Waals surface area contributed by atoms with Gasteiger partial charge in [-0.25, -0.2) is 0 Å². The molecule has 1 aromatic rings. The van der Waals surface area contributed by atoms with Gasteiger partial charge in [0.15, 0.2) is 0 Å². The molecule has 0 radical (unpaired) electrons. The Morgan fingerprint density at radius 3 is 2.42 bits per heavy atom. The molecule has 0 unspecified atom stereocenters. The molecule has 0 bridgehead atoms. The first kappa shape index (κ1) is 9.80. The number of nitrogen functional groups attached to an aromatic ring is 1. The Labute approximate surface area is 86.5 Å². The summed E-state index contributed by atoms with van der Waals surface area (Å²) in [4.78, 5) is 0. The molecule has 0 fully saturated rings. The Kier molecular flexibility index (Phi) is 2.95. The van der Waals surface area contributed by atoms with Gasteiger partial charge in [0.05, 0.1) is 0 Å². The van der Waals surface area contributed by atoms with E-state index >= 15 is 0 Å². The Bertz CT molecular complexity index is 308. The molecule has 12 heavy (non-hydrogen) atoms. The van der Waals surface area contributed by atoms with Crippen molar-refractivity contribution in [1.29, 1.82) is 0 Å². The van der Waals surface area contributed by atoms with Crippen molar-refractivity contribution in [3.63, 3.8) is 0 Å². The summed E-state index contributed by atoms with van der Waals surface area (Å²) in [5, 5.41) is 0. The quantitative estimate of drug-likeness (QED) is 0.608. The third-order valence-corrected chi connectivity index (χ3v) is 3.29. The summed E-state index contributed by atoms with van der Waals surface area (Å²) in [7, 11) is 0. The van der Waals surface area contributed by atoms with Crippen LogP contribution in [0, 0.1) is 17.4 Å². The third kappa shape index (κ3) is 1.56. The van der Waals surface area contributed by atoms with Crippen molar-refractivity contribution in [2.24, 2.45) is 5.73 Å². The minimum atomic E-state index is 0.562. The second kappa shape index (κ2) is 3.62. The number of hydrogen-bond acceptors (Lipinski definition) is 2. The lowest BCUT2D eigenvalue weighted by atomic mass is 10.0. The summed E-state index contributed by atoms with van der Waals surface area (Å²) in [6.07, 6.45) is 0. The zero-order valence-corrected chi connectivity index (χ0v) is 9.47. The SMILES string of the molecule is Cc1c(I)cc(CN)c(C)c1N. The van der Waals surface area contributed by atoms with E-state index in [9.17, 15) is 0 Å². The van der Waals surface area contributed by atoms with E-state index in [1.54, 1.807) is 0 Å². The molecule has 2 nitrogen and oxygen atoms in total. The summed E-state index contributed by atoms with van der Waals surface area (Å²) in [6.45, 7) is 4.61. The molecule has 1 aromatic carbocycles. The van der Waals surface area contributed by atoms with Crippen LogP contribution >= 0.6 is 22.6 Å². The molecule has 4 N–H and O–H groups in total. The number of hydrogen-bond donors (Lipinski definition) is 2. The molecular weight excluding hydrogens is 263 g/mol. The van der Waals surface area contributed by atoms with Gasteiger partial charge in [-0.1, -0.05) is 0 Å². The minimum Gasteiger partial charge on any atom is -0.398 e. The van der Waals surface area contributed by atoms with Crippen LogP contribution in [0.1, 0.15) is 16.7 Å². The van der Waals surface area contributed by atoms with Crippen LogP contribution in [-0.4, -0.2) is 0 Å². The molecular formula is C9H13IN2. The summed E-state index contributed by atoms with van der Waals surface area (Å²) < 4.78 is 1.19. The van der Waals surface area contributed by atoms with E-state index in [4.69, 9.17) is 11.5 Å². The molecule has 3 heteroatoms. The Hall–Kier alpha value is -0.290. The molecule has 0 spiro atoms. The lowest BCUT2D eigenvalue weighted by Crippen LogP contribution is -2.05. The summed E-state index contributed by atoms with van der Waals surface area (Å²) in [5.74, 6) is 0. The van der Waals surface area contributed by atoms with Gasteiger partial charge in [0, 0.05) is 15.8 Å². The molecule has 0 saturated heterocycles. The molecule has 66 valence electrons. The van der Waals surface area contributed by atoms with Crippen LogP contribution in [0.3, 0.4) is 0 Å². The van der Waals surface area contributed by atoms with Gasteiger partial charge in [-0.3, -0.25) is 0 Å². The van der Waals surface area contributed by atoms with Crippen LogP contribution in [0.25, 0.3) is 0 Å². The summed E-state index contributed by atoms with van der Waals surface area (Å²) in [6, 6.07) is 2.10. The number of halogens is 1. The molecule has 0 aliphatic carbocycles. The van der Waals surface area contributed by atoms with Crippen LogP contribution in [-0.2, 0) is 6.54 Å². The fraction of sp³-hybridized carbons (Fsp3) is 0.333. The van der Waals surface area contributed by atoms with E-state index in [1.165, 1.54) is 3.57 Å². The Balaban J connectivity index is 3.39. The van der Waals surface area contributed by atoms with E-state index in [0.717, 1.165) is 22.4 Å². The first-order valence-electron chi connectivity index (χ1n) is 3.82. The molecule has 0 aliphatic heterocycles. The van der Waals surface area contributed by atoms with Gasteiger partial charge in [0.25, 0.3) is 0 Å². The van der Waals surface area contributed by atoms with Crippen molar-refractivity contribution in [3.8, 4) is 0 Å². The molecule has 0 heterocycles. The lowest BCUT2D eigenvalue weighted by molar-refractivity contribution is 1.04. The highest BCUT2D eigenvalue weighted by molar-refractivity contribution is 14.1. The maximum absolute atomic E-state index is 5.90. The maximum Gasteiger partial charge on any atom is 0.0387 e. The van der Waals surface area contributed by atoms with Crippen molar-refractivity contribution in [2.45, 2.75) is 20.4 Å².